The minimum Gasteiger partial charge on any atom is -0.314 e. The fourth-order valence-electron chi connectivity index (χ4n) is 2.41. The molecular weight excluding hydrogens is 260 g/mol. The second-order valence-corrected chi connectivity index (χ2v) is 4.59. The molecule has 0 aliphatic carbocycles. The van der Waals surface area contributed by atoms with Gasteiger partial charge in [-0.05, 0) is 6.07 Å². The summed E-state index contributed by atoms with van der Waals surface area (Å²) in [5.74, 6) is -1.46. The Bertz CT molecular complexity index is 419. The molecular formula is C13H16F4N2. The van der Waals surface area contributed by atoms with E-state index in [1.165, 1.54) is 6.07 Å². The van der Waals surface area contributed by atoms with Crippen molar-refractivity contribution in [1.82, 2.24) is 10.2 Å². The SMILES string of the molecule is Fc1ccc([C@H](CC(F)F)N2CCNCC2)c(F)c1. The van der Waals surface area contributed by atoms with Gasteiger partial charge in [0.1, 0.15) is 11.6 Å². The third kappa shape index (κ3) is 3.67. The van der Waals surface area contributed by atoms with Crippen LogP contribution in [0.5, 0.6) is 0 Å². The van der Waals surface area contributed by atoms with E-state index in [4.69, 9.17) is 0 Å². The molecule has 1 atom stereocenters. The minimum absolute atomic E-state index is 0.142. The van der Waals surface area contributed by atoms with Gasteiger partial charge in [0.15, 0.2) is 0 Å². The minimum atomic E-state index is -2.52. The van der Waals surface area contributed by atoms with Crippen LogP contribution < -0.4 is 5.32 Å². The van der Waals surface area contributed by atoms with Crippen LogP contribution in [0, 0.1) is 11.6 Å². The van der Waals surface area contributed by atoms with Gasteiger partial charge < -0.3 is 5.32 Å². The quantitative estimate of drug-likeness (QED) is 0.850. The molecule has 0 spiro atoms. The molecule has 1 aromatic carbocycles. The number of alkyl halides is 2. The van der Waals surface area contributed by atoms with Gasteiger partial charge in [0.25, 0.3) is 0 Å². The molecule has 106 valence electrons. The Morgan fingerprint density at radius 1 is 1.16 bits per heavy atom. The molecule has 1 aromatic rings. The summed E-state index contributed by atoms with van der Waals surface area (Å²) in [6.07, 6.45) is -2.97. The molecule has 0 radical (unpaired) electrons. The monoisotopic (exact) mass is 276 g/mol. The van der Waals surface area contributed by atoms with Gasteiger partial charge in [0.2, 0.25) is 6.43 Å². The van der Waals surface area contributed by atoms with Gasteiger partial charge in [-0.3, -0.25) is 4.90 Å². The maximum atomic E-state index is 13.8. The van der Waals surface area contributed by atoms with Crippen LogP contribution in [-0.4, -0.2) is 37.5 Å². The van der Waals surface area contributed by atoms with Crippen LogP contribution in [0.4, 0.5) is 17.6 Å². The lowest BCUT2D eigenvalue weighted by molar-refractivity contribution is 0.0725. The highest BCUT2D eigenvalue weighted by Crippen LogP contribution is 2.29. The topological polar surface area (TPSA) is 15.3 Å². The first-order valence-corrected chi connectivity index (χ1v) is 6.26. The molecule has 19 heavy (non-hydrogen) atoms. The van der Waals surface area contributed by atoms with Gasteiger partial charge in [-0.15, -0.1) is 0 Å². The average molecular weight is 276 g/mol. The van der Waals surface area contributed by atoms with E-state index in [0.29, 0.717) is 26.2 Å². The Morgan fingerprint density at radius 2 is 1.84 bits per heavy atom. The van der Waals surface area contributed by atoms with Gasteiger partial charge in [0, 0.05) is 50.3 Å². The molecule has 0 bridgehead atoms. The van der Waals surface area contributed by atoms with E-state index in [1.54, 1.807) is 0 Å². The van der Waals surface area contributed by atoms with Crippen molar-refractivity contribution in [1.29, 1.82) is 0 Å². The second-order valence-electron chi connectivity index (χ2n) is 4.59. The number of hydrogen-bond donors (Lipinski definition) is 1. The van der Waals surface area contributed by atoms with Gasteiger partial charge in [-0.25, -0.2) is 17.6 Å². The lowest BCUT2D eigenvalue weighted by atomic mass is 10.0. The number of piperazine rings is 1. The number of benzene rings is 1. The number of halogens is 4. The molecule has 0 amide bonds. The summed E-state index contributed by atoms with van der Waals surface area (Å²) in [7, 11) is 0. The Hall–Kier alpha value is -1.14. The van der Waals surface area contributed by atoms with Crippen molar-refractivity contribution in [2.45, 2.75) is 18.9 Å². The smallest absolute Gasteiger partial charge is 0.240 e. The first kappa shape index (κ1) is 14.3. The van der Waals surface area contributed by atoms with Gasteiger partial charge in [-0.2, -0.15) is 0 Å². The summed E-state index contributed by atoms with van der Waals surface area (Å²) in [4.78, 5) is 1.82. The Labute approximate surface area is 109 Å². The maximum Gasteiger partial charge on any atom is 0.240 e. The summed E-state index contributed by atoms with van der Waals surface area (Å²) in [6.45, 7) is 2.52. The summed E-state index contributed by atoms with van der Waals surface area (Å²) in [5.41, 5.74) is 0.142. The largest absolute Gasteiger partial charge is 0.314 e. The van der Waals surface area contributed by atoms with E-state index in [0.717, 1.165) is 12.1 Å². The van der Waals surface area contributed by atoms with Crippen LogP contribution in [0.1, 0.15) is 18.0 Å². The van der Waals surface area contributed by atoms with Crippen LogP contribution >= 0.6 is 0 Å². The fraction of sp³-hybridized carbons (Fsp3) is 0.538. The number of rotatable bonds is 4. The van der Waals surface area contributed by atoms with Crippen molar-refractivity contribution in [3.8, 4) is 0 Å². The molecule has 2 rings (SSSR count). The summed E-state index contributed by atoms with van der Waals surface area (Å²) < 4.78 is 52.1. The normalized spacial score (nSPS) is 18.8. The second kappa shape index (κ2) is 6.34. The first-order chi connectivity index (χ1) is 9.08. The Kier molecular flexibility index (Phi) is 4.76. The first-order valence-electron chi connectivity index (χ1n) is 6.26. The number of hydrogen-bond acceptors (Lipinski definition) is 2. The number of nitrogens with zero attached hydrogens (tertiary/aromatic N) is 1. The molecule has 0 saturated carbocycles. The van der Waals surface area contributed by atoms with Crippen molar-refractivity contribution in [2.75, 3.05) is 26.2 Å². The molecule has 1 fully saturated rings. The van der Waals surface area contributed by atoms with Crippen molar-refractivity contribution in [3.05, 3.63) is 35.4 Å². The van der Waals surface area contributed by atoms with E-state index >= 15 is 0 Å². The Balaban J connectivity index is 2.25. The standard InChI is InChI=1S/C13H16F4N2/c14-9-1-2-10(11(15)7-9)12(8-13(16)17)19-5-3-18-4-6-19/h1-2,7,12-13,18H,3-6,8H2/t12-/m0/s1. The van der Waals surface area contributed by atoms with Crippen LogP contribution in [0.2, 0.25) is 0 Å². The van der Waals surface area contributed by atoms with Crippen molar-refractivity contribution in [3.63, 3.8) is 0 Å². The summed E-state index contributed by atoms with van der Waals surface area (Å²) in [5, 5.41) is 3.12. The molecule has 0 aromatic heterocycles. The van der Waals surface area contributed by atoms with Crippen LogP contribution in [0.25, 0.3) is 0 Å². The van der Waals surface area contributed by atoms with Gasteiger partial charge in [-0.1, -0.05) is 6.07 Å². The fourth-order valence-corrected chi connectivity index (χ4v) is 2.41. The van der Waals surface area contributed by atoms with E-state index in [1.807, 2.05) is 4.90 Å². The molecule has 1 N–H and O–H groups in total. The molecule has 1 saturated heterocycles. The molecule has 1 heterocycles. The molecule has 1 aliphatic rings. The molecule has 1 aliphatic heterocycles. The summed E-state index contributed by atoms with van der Waals surface area (Å²) in [6, 6.07) is 2.41. The van der Waals surface area contributed by atoms with Crippen molar-refractivity contribution in [2.24, 2.45) is 0 Å². The average Bonchev–Trinajstić information content (AvgIpc) is 2.37. The van der Waals surface area contributed by atoms with E-state index in [2.05, 4.69) is 5.32 Å². The number of nitrogens with one attached hydrogen (secondary N) is 1. The zero-order valence-electron chi connectivity index (χ0n) is 10.4. The van der Waals surface area contributed by atoms with E-state index in [9.17, 15) is 17.6 Å². The highest BCUT2D eigenvalue weighted by Gasteiger charge is 2.27. The van der Waals surface area contributed by atoms with Crippen molar-refractivity contribution < 1.29 is 17.6 Å². The van der Waals surface area contributed by atoms with Crippen LogP contribution in [0.3, 0.4) is 0 Å². The molecule has 6 heteroatoms. The van der Waals surface area contributed by atoms with Crippen LogP contribution in [-0.2, 0) is 0 Å². The zero-order valence-corrected chi connectivity index (χ0v) is 10.4. The summed E-state index contributed by atoms with van der Waals surface area (Å²) >= 11 is 0. The lowest BCUT2D eigenvalue weighted by Crippen LogP contribution is -2.45. The third-order valence-electron chi connectivity index (χ3n) is 3.32. The van der Waals surface area contributed by atoms with Crippen molar-refractivity contribution >= 4 is 0 Å². The van der Waals surface area contributed by atoms with E-state index < -0.39 is 30.5 Å². The third-order valence-corrected chi connectivity index (χ3v) is 3.32. The molecule has 0 unspecified atom stereocenters. The lowest BCUT2D eigenvalue weighted by Gasteiger charge is -2.35. The van der Waals surface area contributed by atoms with Gasteiger partial charge in [0.05, 0.1) is 0 Å². The van der Waals surface area contributed by atoms with Crippen LogP contribution in [0.15, 0.2) is 18.2 Å². The highest BCUT2D eigenvalue weighted by molar-refractivity contribution is 5.22. The van der Waals surface area contributed by atoms with E-state index in [-0.39, 0.29) is 5.56 Å². The highest BCUT2D eigenvalue weighted by atomic mass is 19.3. The van der Waals surface area contributed by atoms with Gasteiger partial charge >= 0.3 is 0 Å². The predicted molar refractivity (Wildman–Crippen MR) is 64.2 cm³/mol. The molecule has 2 nitrogen and oxygen atoms in total. The maximum absolute atomic E-state index is 13.8. The Morgan fingerprint density at radius 3 is 2.42 bits per heavy atom. The predicted octanol–water partition coefficient (Wildman–Crippen LogP) is 2.57. The zero-order chi connectivity index (χ0) is 13.8.